The summed E-state index contributed by atoms with van der Waals surface area (Å²) < 4.78 is 1.25. The number of hydrogen-bond acceptors (Lipinski definition) is 3. The van der Waals surface area contributed by atoms with Gasteiger partial charge in [-0.1, -0.05) is 15.9 Å². The highest BCUT2D eigenvalue weighted by Gasteiger charge is 2.23. The molecule has 1 aliphatic heterocycles. The van der Waals surface area contributed by atoms with Crippen LogP contribution in [0.3, 0.4) is 0 Å². The normalized spacial score (nSPS) is 23.9. The lowest BCUT2D eigenvalue weighted by molar-refractivity contribution is 0.561. The Kier molecular flexibility index (Phi) is 3.59. The first kappa shape index (κ1) is 12.5. The van der Waals surface area contributed by atoms with Crippen LogP contribution in [-0.2, 0) is 12.8 Å². The van der Waals surface area contributed by atoms with Crippen LogP contribution in [0.4, 0.5) is 5.69 Å². The van der Waals surface area contributed by atoms with E-state index in [4.69, 9.17) is 5.73 Å². The first-order valence-corrected chi connectivity index (χ1v) is 7.56. The van der Waals surface area contributed by atoms with Gasteiger partial charge in [-0.25, -0.2) is 0 Å². The molecule has 4 heteroatoms. The molecule has 1 fully saturated rings. The van der Waals surface area contributed by atoms with Crippen molar-refractivity contribution in [3.8, 4) is 0 Å². The highest BCUT2D eigenvalue weighted by atomic mass is 79.9. The predicted molar refractivity (Wildman–Crippen MR) is 79.2 cm³/mol. The maximum absolute atomic E-state index is 6.15. The second kappa shape index (κ2) is 5.19. The molecule has 0 amide bonds. The number of nitrogens with zero attached hydrogens (tertiary/aromatic N) is 1. The van der Waals surface area contributed by atoms with Gasteiger partial charge in [-0.15, -0.1) is 0 Å². The number of piperazine rings is 1. The summed E-state index contributed by atoms with van der Waals surface area (Å²) in [4.78, 5) is 2.50. The van der Waals surface area contributed by atoms with Gasteiger partial charge in [0, 0.05) is 42.4 Å². The first-order valence-electron chi connectivity index (χ1n) is 6.77. The van der Waals surface area contributed by atoms with Crippen molar-refractivity contribution < 1.29 is 0 Å². The van der Waals surface area contributed by atoms with Crippen LogP contribution in [0.2, 0.25) is 0 Å². The van der Waals surface area contributed by atoms with E-state index >= 15 is 0 Å². The molecule has 1 saturated heterocycles. The van der Waals surface area contributed by atoms with Crippen molar-refractivity contribution in [1.82, 2.24) is 5.32 Å². The number of nitrogens with one attached hydrogen (secondary N) is 1. The van der Waals surface area contributed by atoms with Crippen molar-refractivity contribution in [1.29, 1.82) is 0 Å². The van der Waals surface area contributed by atoms with Crippen LogP contribution >= 0.6 is 15.9 Å². The van der Waals surface area contributed by atoms with Gasteiger partial charge >= 0.3 is 0 Å². The molecule has 18 heavy (non-hydrogen) atoms. The number of rotatable bonds is 1. The number of benzene rings is 1. The van der Waals surface area contributed by atoms with Gasteiger partial charge in [-0.3, -0.25) is 0 Å². The molecule has 0 unspecified atom stereocenters. The maximum Gasteiger partial charge on any atom is 0.0403 e. The topological polar surface area (TPSA) is 41.3 Å². The molecule has 1 aromatic carbocycles. The predicted octanol–water partition coefficient (Wildman–Crippen LogP) is 1.67. The van der Waals surface area contributed by atoms with E-state index in [2.05, 4.69) is 38.3 Å². The van der Waals surface area contributed by atoms with E-state index < -0.39 is 0 Å². The third-order valence-corrected chi connectivity index (χ3v) is 4.78. The fourth-order valence-electron chi connectivity index (χ4n) is 3.05. The van der Waals surface area contributed by atoms with Crippen molar-refractivity contribution in [2.24, 2.45) is 5.73 Å². The average molecular weight is 310 g/mol. The summed E-state index contributed by atoms with van der Waals surface area (Å²) in [6, 6.07) is 4.78. The zero-order chi connectivity index (χ0) is 12.5. The van der Waals surface area contributed by atoms with Gasteiger partial charge in [0.15, 0.2) is 0 Å². The summed E-state index contributed by atoms with van der Waals surface area (Å²) in [6.07, 6.45) is 3.24. The Labute approximate surface area is 117 Å². The highest BCUT2D eigenvalue weighted by Crippen LogP contribution is 2.35. The van der Waals surface area contributed by atoms with Crippen molar-refractivity contribution in [3.05, 3.63) is 27.7 Å². The lowest BCUT2D eigenvalue weighted by atomic mass is 9.87. The molecular formula is C14H20BrN3. The largest absolute Gasteiger partial charge is 0.369 e. The minimum atomic E-state index is 0.327. The number of fused-ring (bicyclic) bond motifs is 1. The molecule has 3 nitrogen and oxygen atoms in total. The lowest BCUT2D eigenvalue weighted by Gasteiger charge is -2.34. The maximum atomic E-state index is 6.15. The van der Waals surface area contributed by atoms with E-state index in [0.717, 1.165) is 45.4 Å². The Hall–Kier alpha value is -0.580. The second-order valence-electron chi connectivity index (χ2n) is 5.26. The molecule has 3 N–H and O–H groups in total. The van der Waals surface area contributed by atoms with Crippen LogP contribution in [0.5, 0.6) is 0 Å². The van der Waals surface area contributed by atoms with Gasteiger partial charge in [0.1, 0.15) is 0 Å². The van der Waals surface area contributed by atoms with Crippen LogP contribution in [0.15, 0.2) is 16.6 Å². The van der Waals surface area contributed by atoms with Crippen molar-refractivity contribution in [3.63, 3.8) is 0 Å². The third-order valence-electron chi connectivity index (χ3n) is 4.04. The fourth-order valence-corrected chi connectivity index (χ4v) is 3.62. The van der Waals surface area contributed by atoms with E-state index in [1.807, 2.05) is 0 Å². The molecule has 0 radical (unpaired) electrons. The molecule has 98 valence electrons. The van der Waals surface area contributed by atoms with Crippen LogP contribution < -0.4 is 16.0 Å². The van der Waals surface area contributed by atoms with Crippen LogP contribution in [-0.4, -0.2) is 32.2 Å². The van der Waals surface area contributed by atoms with Crippen molar-refractivity contribution in [2.45, 2.75) is 25.3 Å². The number of nitrogens with two attached hydrogens (primary N) is 1. The Balaban J connectivity index is 1.98. The first-order chi connectivity index (χ1) is 8.75. The van der Waals surface area contributed by atoms with E-state index in [1.165, 1.54) is 21.3 Å². The molecule has 1 heterocycles. The third kappa shape index (κ3) is 2.29. The summed E-state index contributed by atoms with van der Waals surface area (Å²) in [6.45, 7) is 4.36. The molecule has 1 atom stereocenters. The zero-order valence-corrected chi connectivity index (χ0v) is 12.2. The summed E-state index contributed by atoms with van der Waals surface area (Å²) >= 11 is 3.69. The van der Waals surface area contributed by atoms with Gasteiger partial charge in [0.2, 0.25) is 0 Å². The van der Waals surface area contributed by atoms with Gasteiger partial charge in [-0.2, -0.15) is 0 Å². The fraction of sp³-hybridized carbons (Fsp3) is 0.571. The quantitative estimate of drug-likeness (QED) is 0.829. The molecule has 3 rings (SSSR count). The van der Waals surface area contributed by atoms with Crippen LogP contribution in [0.1, 0.15) is 17.5 Å². The van der Waals surface area contributed by atoms with Gasteiger partial charge in [0.25, 0.3) is 0 Å². The SMILES string of the molecule is N[C@@H]1CCc2c(Br)ccc(N3CCNCC3)c2C1. The molecule has 0 saturated carbocycles. The van der Waals surface area contributed by atoms with E-state index in [0.29, 0.717) is 6.04 Å². The number of halogens is 1. The minimum absolute atomic E-state index is 0.327. The second-order valence-corrected chi connectivity index (χ2v) is 6.12. The Bertz CT molecular complexity index is 441. The molecule has 0 spiro atoms. The Morgan fingerprint density at radius 3 is 2.78 bits per heavy atom. The minimum Gasteiger partial charge on any atom is -0.369 e. The molecule has 1 aliphatic carbocycles. The monoisotopic (exact) mass is 309 g/mol. The molecule has 0 bridgehead atoms. The van der Waals surface area contributed by atoms with Gasteiger partial charge in [0.05, 0.1) is 0 Å². The number of anilines is 1. The van der Waals surface area contributed by atoms with Gasteiger partial charge in [-0.05, 0) is 42.5 Å². The van der Waals surface area contributed by atoms with Crippen LogP contribution in [0, 0.1) is 0 Å². The van der Waals surface area contributed by atoms with Crippen LogP contribution in [0.25, 0.3) is 0 Å². The standard InChI is InChI=1S/C14H20BrN3/c15-13-3-4-14(18-7-5-17-6-8-18)12-9-10(16)1-2-11(12)13/h3-4,10,17H,1-2,5-9,16H2/t10-/m1/s1. The molecular weight excluding hydrogens is 290 g/mol. The summed E-state index contributed by atoms with van der Waals surface area (Å²) in [5, 5.41) is 3.41. The summed E-state index contributed by atoms with van der Waals surface area (Å²) in [7, 11) is 0. The average Bonchev–Trinajstić information content (AvgIpc) is 2.40. The summed E-state index contributed by atoms with van der Waals surface area (Å²) in [5.74, 6) is 0. The highest BCUT2D eigenvalue weighted by molar-refractivity contribution is 9.10. The Morgan fingerprint density at radius 2 is 2.00 bits per heavy atom. The van der Waals surface area contributed by atoms with Gasteiger partial charge < -0.3 is 16.0 Å². The smallest absolute Gasteiger partial charge is 0.0403 e. The molecule has 1 aromatic rings. The summed E-state index contributed by atoms with van der Waals surface area (Å²) in [5.41, 5.74) is 10.5. The van der Waals surface area contributed by atoms with Crippen molar-refractivity contribution in [2.75, 3.05) is 31.1 Å². The van der Waals surface area contributed by atoms with E-state index in [1.54, 1.807) is 0 Å². The Morgan fingerprint density at radius 1 is 1.22 bits per heavy atom. The lowest BCUT2D eigenvalue weighted by Crippen LogP contribution is -2.44. The zero-order valence-electron chi connectivity index (χ0n) is 10.6. The van der Waals surface area contributed by atoms with E-state index in [9.17, 15) is 0 Å². The van der Waals surface area contributed by atoms with Crippen molar-refractivity contribution >= 4 is 21.6 Å². The number of hydrogen-bond donors (Lipinski definition) is 2. The molecule has 2 aliphatic rings. The molecule has 0 aromatic heterocycles. The van der Waals surface area contributed by atoms with E-state index in [-0.39, 0.29) is 0 Å².